The van der Waals surface area contributed by atoms with Gasteiger partial charge in [-0.05, 0) is 0 Å². The number of hydrogen-bond acceptors (Lipinski definition) is 4. The maximum atomic E-state index is 13.5. The van der Waals surface area contributed by atoms with Crippen molar-refractivity contribution in [3.8, 4) is 0 Å². The molecule has 0 aliphatic rings. The second-order valence-electron chi connectivity index (χ2n) is 7.26. The summed E-state index contributed by atoms with van der Waals surface area (Å²) in [6, 6.07) is 0. The summed E-state index contributed by atoms with van der Waals surface area (Å²) < 4.78 is 334. The van der Waals surface area contributed by atoms with Crippen LogP contribution < -0.4 is 0 Å². The van der Waals surface area contributed by atoms with E-state index in [1.165, 1.54) is 9.47 Å². The van der Waals surface area contributed by atoms with E-state index in [2.05, 4.69) is 0 Å². The van der Waals surface area contributed by atoms with Gasteiger partial charge in [0.25, 0.3) is 0 Å². The van der Waals surface area contributed by atoms with Gasteiger partial charge in [-0.1, -0.05) is 0 Å². The van der Waals surface area contributed by atoms with Crippen molar-refractivity contribution in [2.24, 2.45) is 0 Å². The molecule has 0 rings (SSSR count). The molecule has 4 nitrogen and oxygen atoms in total. The Balaban J connectivity index is 6.57. The lowest BCUT2D eigenvalue weighted by Gasteiger charge is -2.40. The van der Waals surface area contributed by atoms with Crippen molar-refractivity contribution < 1.29 is 133 Å². The minimum Gasteiger partial charge on any atom is -0.245 e. The second-order valence-corrected chi connectivity index (χ2v) is 9.97. The standard InChI is InChI=1S/C13F26I2O4/c14-1(15,2(16,17)6(24,25)42-8(28,29)4(20,21)40)3(18,19)7(26,27)43-10(32,33)12(36,37)45-13(38,39)11(34,35)44-9(30,31)5(22,23)41. The topological polar surface area (TPSA) is 36.9 Å². The predicted molar refractivity (Wildman–Crippen MR) is 96.7 cm³/mol. The second kappa shape index (κ2) is 11.8. The molecule has 0 radical (unpaired) electrons. The van der Waals surface area contributed by atoms with E-state index in [9.17, 15) is 114 Å². The Morgan fingerprint density at radius 1 is 0.222 bits per heavy atom. The van der Waals surface area contributed by atoms with Crippen LogP contribution >= 0.6 is 45.2 Å². The van der Waals surface area contributed by atoms with Crippen LogP contribution in [0, 0.1) is 0 Å². The molecule has 0 amide bonds. The fourth-order valence-corrected chi connectivity index (χ4v) is 1.91. The van der Waals surface area contributed by atoms with E-state index in [1.54, 1.807) is 0 Å². The number of halogens is 28. The molecule has 45 heavy (non-hydrogen) atoms. The van der Waals surface area contributed by atoms with E-state index in [4.69, 9.17) is 0 Å². The Bertz CT molecular complexity index is 1050. The molecule has 0 aromatic rings. The average Bonchev–Trinajstić information content (AvgIpc) is 2.68. The minimum atomic E-state index is -8.96. The maximum Gasteiger partial charge on any atom is 0.453 e. The van der Waals surface area contributed by atoms with Gasteiger partial charge in [-0.25, -0.2) is 18.9 Å². The summed E-state index contributed by atoms with van der Waals surface area (Å²) in [6.07, 6.45) is -63.0. The highest BCUT2D eigenvalue weighted by molar-refractivity contribution is 14.1. The van der Waals surface area contributed by atoms with Crippen LogP contribution in [0.3, 0.4) is 0 Å². The first-order valence-electron chi connectivity index (χ1n) is 8.92. The highest BCUT2D eigenvalue weighted by atomic mass is 127. The van der Waals surface area contributed by atoms with Gasteiger partial charge in [-0.3, -0.25) is 0 Å². The molecular formula is C13F26I2O4. The van der Waals surface area contributed by atoms with Crippen LogP contribution in [0.5, 0.6) is 0 Å². The minimum absolute atomic E-state index is 0.833. The SMILES string of the molecule is FC(F)(I)C(F)(F)OC(F)(F)C(F)(F)OC(F)(F)C(F)(F)OC(F)(F)C(F)(F)C(F)(F)C(F)(F)C(F)(F)OC(F)(F)C(F)(F)I. The third-order valence-corrected chi connectivity index (χ3v) is 5.14. The molecule has 32 heteroatoms. The molecule has 0 fully saturated rings. The molecule has 272 valence electrons. The fourth-order valence-electron chi connectivity index (χ4n) is 1.69. The van der Waals surface area contributed by atoms with E-state index in [0.29, 0.717) is 0 Å². The summed E-state index contributed by atoms with van der Waals surface area (Å²) in [5.74, 6) is -26.6. The van der Waals surface area contributed by atoms with Gasteiger partial charge in [0.05, 0.1) is 0 Å². The summed E-state index contributed by atoms with van der Waals surface area (Å²) in [4.78, 5) is 0. The lowest BCUT2D eigenvalue weighted by Crippen LogP contribution is -2.70. The van der Waals surface area contributed by atoms with Crippen molar-refractivity contribution in [3.05, 3.63) is 0 Å². The van der Waals surface area contributed by atoms with Gasteiger partial charge < -0.3 is 0 Å². The summed E-state index contributed by atoms with van der Waals surface area (Å²) in [5, 5.41) is 0. The molecule has 0 aromatic heterocycles. The van der Waals surface area contributed by atoms with Gasteiger partial charge in [-0.2, -0.15) is 114 Å². The number of rotatable bonds is 16. The first-order chi connectivity index (χ1) is 18.8. The van der Waals surface area contributed by atoms with Gasteiger partial charge >= 0.3 is 74.5 Å². The van der Waals surface area contributed by atoms with Gasteiger partial charge in [0.1, 0.15) is 0 Å². The van der Waals surface area contributed by atoms with Crippen molar-refractivity contribution in [2.45, 2.75) is 74.5 Å². The molecule has 0 unspecified atom stereocenters. The van der Waals surface area contributed by atoms with Gasteiger partial charge in [0, 0.05) is 45.2 Å². The van der Waals surface area contributed by atoms with Crippen molar-refractivity contribution >= 4 is 45.2 Å². The molecule has 0 aliphatic carbocycles. The van der Waals surface area contributed by atoms with Crippen LogP contribution in [0.4, 0.5) is 114 Å². The average molecular weight is 968 g/mol. The third kappa shape index (κ3) is 8.21. The summed E-state index contributed by atoms with van der Waals surface area (Å²) in [7, 11) is 0. The van der Waals surface area contributed by atoms with Gasteiger partial charge in [0.15, 0.2) is 0 Å². The maximum absolute atomic E-state index is 13.5. The largest absolute Gasteiger partial charge is 0.453 e. The monoisotopic (exact) mass is 968 g/mol. The van der Waals surface area contributed by atoms with E-state index in [1.807, 2.05) is 0 Å². The van der Waals surface area contributed by atoms with Gasteiger partial charge in [0.2, 0.25) is 0 Å². The van der Waals surface area contributed by atoms with Crippen LogP contribution in [0.25, 0.3) is 0 Å². The Hall–Kier alpha value is -0.520. The zero-order valence-electron chi connectivity index (χ0n) is 18.7. The van der Waals surface area contributed by atoms with Crippen LogP contribution in [0.2, 0.25) is 0 Å². The zero-order valence-corrected chi connectivity index (χ0v) is 23.0. The third-order valence-electron chi connectivity index (χ3n) is 3.88. The van der Waals surface area contributed by atoms with Crippen molar-refractivity contribution in [1.29, 1.82) is 0 Å². The normalized spacial score (nSPS) is 16.8. The highest BCUT2D eigenvalue weighted by Gasteiger charge is 2.90. The van der Waals surface area contributed by atoms with Crippen molar-refractivity contribution in [1.82, 2.24) is 0 Å². The molecule has 0 bridgehead atoms. The first-order valence-corrected chi connectivity index (χ1v) is 11.1. The van der Waals surface area contributed by atoms with Crippen LogP contribution in [0.1, 0.15) is 0 Å². The zero-order chi connectivity index (χ0) is 37.3. The fraction of sp³-hybridized carbons (Fsp3) is 1.00. The summed E-state index contributed by atoms with van der Waals surface area (Å²) >= 11 is -1.76. The Labute approximate surface area is 252 Å². The molecule has 0 heterocycles. The molecule has 0 aliphatic heterocycles. The number of hydrogen-bond donors (Lipinski definition) is 0. The van der Waals surface area contributed by atoms with Crippen molar-refractivity contribution in [3.63, 3.8) is 0 Å². The highest BCUT2D eigenvalue weighted by Crippen LogP contribution is 2.61. The molecular weight excluding hydrogens is 968 g/mol. The smallest absolute Gasteiger partial charge is 0.245 e. The van der Waals surface area contributed by atoms with E-state index in [0.717, 1.165) is 9.47 Å². The van der Waals surface area contributed by atoms with Crippen LogP contribution in [0.15, 0.2) is 0 Å². The molecule has 0 saturated heterocycles. The summed E-state index contributed by atoms with van der Waals surface area (Å²) in [5.41, 5.74) is 0. The molecule has 0 saturated carbocycles. The van der Waals surface area contributed by atoms with Crippen molar-refractivity contribution in [2.75, 3.05) is 0 Å². The van der Waals surface area contributed by atoms with E-state index in [-0.39, 0.29) is 0 Å². The predicted octanol–water partition coefficient (Wildman–Crippen LogP) is 9.76. The number of ether oxygens (including phenoxy) is 4. The first kappa shape index (κ1) is 44.5. The molecule has 0 spiro atoms. The molecule has 0 atom stereocenters. The Kier molecular flexibility index (Phi) is 11.7. The van der Waals surface area contributed by atoms with E-state index >= 15 is 0 Å². The summed E-state index contributed by atoms with van der Waals surface area (Å²) in [6.45, 7) is 0. The van der Waals surface area contributed by atoms with Crippen LogP contribution in [-0.2, 0) is 18.9 Å². The van der Waals surface area contributed by atoms with Gasteiger partial charge in [-0.15, -0.1) is 0 Å². The molecule has 0 N–H and O–H groups in total. The Morgan fingerprint density at radius 3 is 0.578 bits per heavy atom. The Morgan fingerprint density at radius 2 is 0.378 bits per heavy atom. The number of alkyl halides is 28. The van der Waals surface area contributed by atoms with Crippen LogP contribution in [-0.4, -0.2) is 74.5 Å². The quantitative estimate of drug-likeness (QED) is 0.0878. The van der Waals surface area contributed by atoms with E-state index < -0.39 is 120 Å². The lowest BCUT2D eigenvalue weighted by atomic mass is 10.0. The molecule has 0 aromatic carbocycles. The lowest BCUT2D eigenvalue weighted by molar-refractivity contribution is -0.573.